The molecule has 2 aromatic carbocycles. The van der Waals surface area contributed by atoms with Gasteiger partial charge in [-0.1, -0.05) is 41.7 Å². The van der Waals surface area contributed by atoms with Gasteiger partial charge in [0.2, 0.25) is 5.13 Å². The van der Waals surface area contributed by atoms with Crippen molar-refractivity contribution in [2.45, 2.75) is 20.0 Å². The van der Waals surface area contributed by atoms with Crippen LogP contribution in [0.2, 0.25) is 0 Å². The fourth-order valence-electron chi connectivity index (χ4n) is 3.56. The van der Waals surface area contributed by atoms with Gasteiger partial charge in [-0.2, -0.15) is 0 Å². The summed E-state index contributed by atoms with van der Waals surface area (Å²) >= 11 is 1.31. The molecule has 0 spiro atoms. The van der Waals surface area contributed by atoms with Gasteiger partial charge in [0.1, 0.15) is 10.8 Å². The largest absolute Gasteiger partial charge is 0.491 e. The molecule has 3 aromatic heterocycles. The van der Waals surface area contributed by atoms with Crippen molar-refractivity contribution in [2.24, 2.45) is 0 Å². The van der Waals surface area contributed by atoms with Gasteiger partial charge in [0.15, 0.2) is 0 Å². The molecule has 0 unspecified atom stereocenters. The van der Waals surface area contributed by atoms with Crippen LogP contribution in [0.3, 0.4) is 0 Å². The SMILES string of the molecule is CC(C)Oc1cccc(-c2cc(C(=O)Nc3nnc(-c4ccncc4)s3)c3ccccc3n2)c1. The topological polar surface area (TPSA) is 89.9 Å². The van der Waals surface area contributed by atoms with Gasteiger partial charge >= 0.3 is 0 Å². The van der Waals surface area contributed by atoms with Crippen molar-refractivity contribution in [1.82, 2.24) is 20.2 Å². The number of fused-ring (bicyclic) bond motifs is 1. The average Bonchev–Trinajstić information content (AvgIpc) is 3.32. The predicted octanol–water partition coefficient (Wildman–Crippen LogP) is 5.85. The van der Waals surface area contributed by atoms with Crippen LogP contribution < -0.4 is 10.1 Å². The molecule has 0 saturated heterocycles. The molecule has 0 bridgehead atoms. The zero-order chi connectivity index (χ0) is 23.5. The third-order valence-electron chi connectivity index (χ3n) is 5.04. The van der Waals surface area contributed by atoms with Gasteiger partial charge in [-0.25, -0.2) is 4.98 Å². The molecule has 0 radical (unpaired) electrons. The van der Waals surface area contributed by atoms with Crippen LogP contribution in [-0.4, -0.2) is 32.2 Å². The zero-order valence-corrected chi connectivity index (χ0v) is 19.4. The molecule has 1 N–H and O–H groups in total. The molecule has 8 heteroatoms. The first-order chi connectivity index (χ1) is 16.6. The molecule has 34 heavy (non-hydrogen) atoms. The Balaban J connectivity index is 1.49. The van der Waals surface area contributed by atoms with E-state index in [4.69, 9.17) is 9.72 Å². The number of aromatic nitrogens is 4. The third-order valence-corrected chi connectivity index (χ3v) is 5.92. The summed E-state index contributed by atoms with van der Waals surface area (Å²) in [6.07, 6.45) is 3.45. The molecule has 5 rings (SSSR count). The van der Waals surface area contributed by atoms with Crippen LogP contribution >= 0.6 is 11.3 Å². The Morgan fingerprint density at radius 2 is 1.76 bits per heavy atom. The van der Waals surface area contributed by atoms with Crippen LogP contribution in [0.5, 0.6) is 5.75 Å². The van der Waals surface area contributed by atoms with Crippen LogP contribution in [-0.2, 0) is 0 Å². The Morgan fingerprint density at radius 1 is 0.941 bits per heavy atom. The molecule has 3 heterocycles. The Labute approximate surface area is 200 Å². The molecule has 1 amide bonds. The summed E-state index contributed by atoms with van der Waals surface area (Å²) in [6.45, 7) is 3.97. The van der Waals surface area contributed by atoms with Gasteiger partial charge in [0, 0.05) is 28.9 Å². The smallest absolute Gasteiger partial charge is 0.258 e. The second kappa shape index (κ2) is 9.36. The van der Waals surface area contributed by atoms with E-state index in [-0.39, 0.29) is 12.0 Å². The number of carbonyl (C=O) groups excluding carboxylic acids is 1. The number of carbonyl (C=O) groups is 1. The minimum atomic E-state index is -0.271. The fourth-order valence-corrected chi connectivity index (χ4v) is 4.31. The van der Waals surface area contributed by atoms with Gasteiger partial charge in [-0.3, -0.25) is 15.1 Å². The van der Waals surface area contributed by atoms with Crippen molar-refractivity contribution in [2.75, 3.05) is 5.32 Å². The minimum Gasteiger partial charge on any atom is -0.491 e. The number of anilines is 1. The molecule has 7 nitrogen and oxygen atoms in total. The van der Waals surface area contributed by atoms with E-state index in [0.717, 1.165) is 27.8 Å². The summed E-state index contributed by atoms with van der Waals surface area (Å²) in [4.78, 5) is 22.1. The highest BCUT2D eigenvalue weighted by molar-refractivity contribution is 7.18. The van der Waals surface area contributed by atoms with Crippen LogP contribution in [0, 0.1) is 0 Å². The van der Waals surface area contributed by atoms with E-state index in [1.165, 1.54) is 11.3 Å². The molecular formula is C26H21N5O2S. The summed E-state index contributed by atoms with van der Waals surface area (Å²) in [7, 11) is 0. The first kappa shape index (κ1) is 21.7. The van der Waals surface area contributed by atoms with Gasteiger partial charge < -0.3 is 4.74 Å². The molecule has 0 aliphatic rings. The van der Waals surface area contributed by atoms with Crippen molar-refractivity contribution in [1.29, 1.82) is 0 Å². The molecule has 0 atom stereocenters. The summed E-state index contributed by atoms with van der Waals surface area (Å²) in [5, 5.41) is 13.1. The zero-order valence-electron chi connectivity index (χ0n) is 18.6. The predicted molar refractivity (Wildman–Crippen MR) is 134 cm³/mol. The fraction of sp³-hybridized carbons (Fsp3) is 0.115. The number of nitrogens with one attached hydrogen (secondary N) is 1. The van der Waals surface area contributed by atoms with E-state index in [0.29, 0.717) is 21.4 Å². The quantitative estimate of drug-likeness (QED) is 0.337. The van der Waals surface area contributed by atoms with Gasteiger partial charge in [0.05, 0.1) is 22.9 Å². The van der Waals surface area contributed by atoms with Gasteiger partial charge in [0.25, 0.3) is 5.91 Å². The molecule has 5 aromatic rings. The number of pyridine rings is 2. The van der Waals surface area contributed by atoms with Crippen LogP contribution in [0.25, 0.3) is 32.7 Å². The van der Waals surface area contributed by atoms with E-state index in [1.54, 1.807) is 18.5 Å². The highest BCUT2D eigenvalue weighted by Crippen LogP contribution is 2.30. The normalized spacial score (nSPS) is 11.0. The molecule has 0 saturated carbocycles. The number of amides is 1. The maximum atomic E-state index is 13.3. The maximum Gasteiger partial charge on any atom is 0.258 e. The lowest BCUT2D eigenvalue weighted by Gasteiger charge is -2.12. The van der Waals surface area contributed by atoms with Crippen molar-refractivity contribution in [3.05, 3.63) is 84.7 Å². The van der Waals surface area contributed by atoms with Crippen molar-refractivity contribution in [3.8, 4) is 27.6 Å². The molecule has 0 aliphatic carbocycles. The van der Waals surface area contributed by atoms with E-state index in [2.05, 4.69) is 20.5 Å². The number of ether oxygens (including phenoxy) is 1. The van der Waals surface area contributed by atoms with Crippen molar-refractivity contribution >= 4 is 33.3 Å². The Kier molecular flexibility index (Phi) is 5.97. The maximum absolute atomic E-state index is 13.3. The van der Waals surface area contributed by atoms with Crippen molar-refractivity contribution in [3.63, 3.8) is 0 Å². The molecular weight excluding hydrogens is 446 g/mol. The van der Waals surface area contributed by atoms with E-state index in [9.17, 15) is 4.79 Å². The monoisotopic (exact) mass is 467 g/mol. The third kappa shape index (κ3) is 4.62. The van der Waals surface area contributed by atoms with Crippen molar-refractivity contribution < 1.29 is 9.53 Å². The second-order valence-electron chi connectivity index (χ2n) is 7.87. The standard InChI is InChI=1S/C26H21N5O2S/c1-16(2)33-19-7-5-6-18(14-19)23-15-21(20-8-3-4-9-22(20)28-23)24(32)29-26-31-30-25(34-26)17-10-12-27-13-11-17/h3-16H,1-2H3,(H,29,31,32). The molecule has 0 fully saturated rings. The van der Waals surface area contributed by atoms with E-state index >= 15 is 0 Å². The average molecular weight is 468 g/mol. The lowest BCUT2D eigenvalue weighted by molar-refractivity contribution is 0.102. The first-order valence-electron chi connectivity index (χ1n) is 10.8. The Bertz CT molecular complexity index is 1470. The number of rotatable bonds is 6. The number of para-hydroxylation sites is 1. The second-order valence-corrected chi connectivity index (χ2v) is 8.85. The highest BCUT2D eigenvalue weighted by Gasteiger charge is 2.17. The highest BCUT2D eigenvalue weighted by atomic mass is 32.1. The van der Waals surface area contributed by atoms with Crippen LogP contribution in [0.4, 0.5) is 5.13 Å². The van der Waals surface area contributed by atoms with Gasteiger partial charge in [-0.15, -0.1) is 10.2 Å². The number of hydrogen-bond donors (Lipinski definition) is 1. The number of hydrogen-bond acceptors (Lipinski definition) is 7. The van der Waals surface area contributed by atoms with Crippen LogP contribution in [0.15, 0.2) is 79.1 Å². The van der Waals surface area contributed by atoms with E-state index in [1.807, 2.05) is 74.5 Å². The Hall–Kier alpha value is -4.17. The first-order valence-corrected chi connectivity index (χ1v) is 11.6. The Morgan fingerprint density at radius 3 is 2.59 bits per heavy atom. The molecule has 168 valence electrons. The van der Waals surface area contributed by atoms with E-state index < -0.39 is 0 Å². The summed E-state index contributed by atoms with van der Waals surface area (Å²) < 4.78 is 5.83. The summed E-state index contributed by atoms with van der Waals surface area (Å²) in [5.74, 6) is 0.484. The molecule has 0 aliphatic heterocycles. The lowest BCUT2D eigenvalue weighted by Crippen LogP contribution is -2.13. The number of nitrogens with zero attached hydrogens (tertiary/aromatic N) is 4. The van der Waals surface area contributed by atoms with Gasteiger partial charge in [-0.05, 0) is 50.2 Å². The number of benzene rings is 2. The lowest BCUT2D eigenvalue weighted by atomic mass is 10.0. The minimum absolute atomic E-state index is 0.0603. The summed E-state index contributed by atoms with van der Waals surface area (Å²) in [5.41, 5.74) is 3.70. The van der Waals surface area contributed by atoms with Crippen LogP contribution in [0.1, 0.15) is 24.2 Å². The summed E-state index contributed by atoms with van der Waals surface area (Å²) in [6, 6.07) is 20.8.